The standard InChI is InChI=1S/C14H17BrN4O2S/c1-4-9-7(3)10(12(16)20)14(22-9)18-13(21)11-8(15)6-17-19(11)5-2/h6H,4-5H2,1-3H3,(H2,16,20)(H,18,21). The van der Waals surface area contributed by atoms with Gasteiger partial charge < -0.3 is 11.1 Å². The van der Waals surface area contributed by atoms with Gasteiger partial charge in [-0.25, -0.2) is 0 Å². The monoisotopic (exact) mass is 384 g/mol. The molecule has 2 rings (SSSR count). The SMILES string of the molecule is CCc1sc(NC(=O)c2c(Br)cnn2CC)c(C(N)=O)c1C. The second-order valence-corrected chi connectivity index (χ2v) is 6.64. The fourth-order valence-corrected chi connectivity index (χ4v) is 3.89. The average Bonchev–Trinajstić information content (AvgIpc) is 2.98. The van der Waals surface area contributed by atoms with Crippen LogP contribution in [0.3, 0.4) is 0 Å². The number of hydrogen-bond acceptors (Lipinski definition) is 4. The van der Waals surface area contributed by atoms with E-state index in [1.807, 2.05) is 20.8 Å². The van der Waals surface area contributed by atoms with Gasteiger partial charge in [-0.1, -0.05) is 6.92 Å². The highest BCUT2D eigenvalue weighted by atomic mass is 79.9. The number of nitrogens with one attached hydrogen (secondary N) is 1. The Balaban J connectivity index is 2.40. The normalized spacial score (nSPS) is 10.7. The van der Waals surface area contributed by atoms with E-state index in [0.717, 1.165) is 16.9 Å². The van der Waals surface area contributed by atoms with Crippen molar-refractivity contribution in [3.05, 3.63) is 32.4 Å². The van der Waals surface area contributed by atoms with Gasteiger partial charge in [0, 0.05) is 11.4 Å². The van der Waals surface area contributed by atoms with Crippen LogP contribution < -0.4 is 11.1 Å². The molecule has 0 aliphatic heterocycles. The molecule has 0 aliphatic carbocycles. The van der Waals surface area contributed by atoms with Gasteiger partial charge in [-0.15, -0.1) is 11.3 Å². The molecule has 2 amide bonds. The molecule has 0 radical (unpaired) electrons. The number of carbonyl (C=O) groups is 2. The topological polar surface area (TPSA) is 90.0 Å². The minimum atomic E-state index is -0.535. The van der Waals surface area contributed by atoms with E-state index < -0.39 is 5.91 Å². The van der Waals surface area contributed by atoms with E-state index in [1.54, 1.807) is 10.9 Å². The van der Waals surface area contributed by atoms with Crippen LogP contribution in [0.4, 0.5) is 5.00 Å². The van der Waals surface area contributed by atoms with Crippen LogP contribution in [0.1, 0.15) is 45.1 Å². The number of primary amides is 1. The van der Waals surface area contributed by atoms with Crippen molar-refractivity contribution in [3.8, 4) is 0 Å². The largest absolute Gasteiger partial charge is 0.365 e. The number of nitrogens with two attached hydrogens (primary N) is 1. The summed E-state index contributed by atoms with van der Waals surface area (Å²) in [6, 6.07) is 0. The molecule has 0 bridgehead atoms. The summed E-state index contributed by atoms with van der Waals surface area (Å²) in [6.07, 6.45) is 2.35. The first-order valence-electron chi connectivity index (χ1n) is 6.85. The molecule has 0 aliphatic rings. The highest BCUT2D eigenvalue weighted by Gasteiger charge is 2.23. The lowest BCUT2D eigenvalue weighted by molar-refractivity contribution is 0.100. The zero-order valence-corrected chi connectivity index (χ0v) is 15.0. The van der Waals surface area contributed by atoms with E-state index in [0.29, 0.717) is 27.3 Å². The Morgan fingerprint density at radius 1 is 1.45 bits per heavy atom. The van der Waals surface area contributed by atoms with Gasteiger partial charge in [-0.2, -0.15) is 5.10 Å². The third kappa shape index (κ3) is 2.93. The molecule has 6 nitrogen and oxygen atoms in total. The van der Waals surface area contributed by atoms with Crippen molar-refractivity contribution in [2.24, 2.45) is 5.73 Å². The molecule has 0 saturated carbocycles. The van der Waals surface area contributed by atoms with Gasteiger partial charge in [0.2, 0.25) is 0 Å². The predicted molar refractivity (Wildman–Crippen MR) is 90.5 cm³/mol. The molecule has 3 N–H and O–H groups in total. The first-order valence-corrected chi connectivity index (χ1v) is 8.46. The molecule has 0 atom stereocenters. The Labute approximate surface area is 140 Å². The van der Waals surface area contributed by atoms with Crippen LogP contribution in [0.2, 0.25) is 0 Å². The molecular formula is C14H17BrN4O2S. The van der Waals surface area contributed by atoms with Gasteiger partial charge in [0.1, 0.15) is 10.7 Å². The van der Waals surface area contributed by atoms with E-state index in [2.05, 4.69) is 26.3 Å². The lowest BCUT2D eigenvalue weighted by Gasteiger charge is -2.07. The minimum Gasteiger partial charge on any atom is -0.365 e. The fraction of sp³-hybridized carbons (Fsp3) is 0.357. The van der Waals surface area contributed by atoms with Gasteiger partial charge in [0.15, 0.2) is 0 Å². The lowest BCUT2D eigenvalue weighted by atomic mass is 10.1. The third-order valence-electron chi connectivity index (χ3n) is 3.35. The first-order chi connectivity index (χ1) is 10.4. The zero-order chi connectivity index (χ0) is 16.4. The van der Waals surface area contributed by atoms with Crippen molar-refractivity contribution in [1.29, 1.82) is 0 Å². The number of thiophene rings is 1. The van der Waals surface area contributed by atoms with Crippen molar-refractivity contribution in [1.82, 2.24) is 9.78 Å². The average molecular weight is 385 g/mol. The van der Waals surface area contributed by atoms with E-state index in [4.69, 9.17) is 5.73 Å². The molecule has 118 valence electrons. The van der Waals surface area contributed by atoms with Gasteiger partial charge in [0.25, 0.3) is 11.8 Å². The van der Waals surface area contributed by atoms with Crippen molar-refractivity contribution >= 4 is 44.1 Å². The number of rotatable bonds is 5. The molecule has 8 heteroatoms. The number of halogens is 1. The summed E-state index contributed by atoms with van der Waals surface area (Å²) in [5.41, 5.74) is 7.09. The summed E-state index contributed by atoms with van der Waals surface area (Å²) >= 11 is 4.70. The summed E-state index contributed by atoms with van der Waals surface area (Å²) in [4.78, 5) is 25.2. The van der Waals surface area contributed by atoms with Crippen LogP contribution >= 0.6 is 27.3 Å². The zero-order valence-electron chi connectivity index (χ0n) is 12.6. The Hall–Kier alpha value is -1.67. The van der Waals surface area contributed by atoms with E-state index in [9.17, 15) is 9.59 Å². The molecule has 0 saturated heterocycles. The number of nitrogens with zero attached hydrogens (tertiary/aromatic N) is 2. The second-order valence-electron chi connectivity index (χ2n) is 4.68. The number of aromatic nitrogens is 2. The molecule has 0 unspecified atom stereocenters. The van der Waals surface area contributed by atoms with Crippen LogP contribution in [0.25, 0.3) is 0 Å². The number of aryl methyl sites for hydroxylation is 2. The molecule has 2 heterocycles. The van der Waals surface area contributed by atoms with Gasteiger partial charge in [-0.3, -0.25) is 14.3 Å². The Kier molecular flexibility index (Phi) is 5.02. The Morgan fingerprint density at radius 3 is 2.68 bits per heavy atom. The molecule has 0 aromatic carbocycles. The van der Waals surface area contributed by atoms with Crippen LogP contribution in [0.5, 0.6) is 0 Å². The van der Waals surface area contributed by atoms with Crippen molar-refractivity contribution in [2.75, 3.05) is 5.32 Å². The lowest BCUT2D eigenvalue weighted by Crippen LogP contribution is -2.20. The maximum absolute atomic E-state index is 12.5. The summed E-state index contributed by atoms with van der Waals surface area (Å²) in [7, 11) is 0. The maximum atomic E-state index is 12.5. The number of amides is 2. The van der Waals surface area contributed by atoms with Crippen molar-refractivity contribution in [2.45, 2.75) is 33.7 Å². The predicted octanol–water partition coefficient (Wildman–Crippen LogP) is 2.95. The van der Waals surface area contributed by atoms with Gasteiger partial charge in [0.05, 0.1) is 16.2 Å². The highest BCUT2D eigenvalue weighted by Crippen LogP contribution is 2.33. The molecular weight excluding hydrogens is 368 g/mol. The third-order valence-corrected chi connectivity index (χ3v) is 5.28. The van der Waals surface area contributed by atoms with E-state index >= 15 is 0 Å². The van der Waals surface area contributed by atoms with E-state index in [-0.39, 0.29) is 5.91 Å². The quantitative estimate of drug-likeness (QED) is 0.829. The number of hydrogen-bond donors (Lipinski definition) is 2. The highest BCUT2D eigenvalue weighted by molar-refractivity contribution is 9.10. The molecule has 22 heavy (non-hydrogen) atoms. The fourth-order valence-electron chi connectivity index (χ4n) is 2.27. The van der Waals surface area contributed by atoms with Crippen LogP contribution in [0.15, 0.2) is 10.7 Å². The molecule has 2 aromatic rings. The molecule has 0 spiro atoms. The first kappa shape index (κ1) is 16.7. The van der Waals surface area contributed by atoms with Gasteiger partial charge in [-0.05, 0) is 41.8 Å². The summed E-state index contributed by atoms with van der Waals surface area (Å²) in [5.74, 6) is -0.857. The van der Waals surface area contributed by atoms with E-state index in [1.165, 1.54) is 11.3 Å². The number of anilines is 1. The van der Waals surface area contributed by atoms with Gasteiger partial charge >= 0.3 is 0 Å². The summed E-state index contributed by atoms with van der Waals surface area (Å²) < 4.78 is 2.20. The molecule has 2 aromatic heterocycles. The Bertz CT molecular complexity index is 736. The van der Waals surface area contributed by atoms with Crippen molar-refractivity contribution in [3.63, 3.8) is 0 Å². The van der Waals surface area contributed by atoms with Crippen LogP contribution in [-0.2, 0) is 13.0 Å². The number of carbonyl (C=O) groups excluding carboxylic acids is 2. The minimum absolute atomic E-state index is 0.322. The summed E-state index contributed by atoms with van der Waals surface area (Å²) in [6.45, 7) is 6.31. The van der Waals surface area contributed by atoms with Crippen molar-refractivity contribution < 1.29 is 9.59 Å². The summed E-state index contributed by atoms with van der Waals surface area (Å²) in [5, 5.41) is 7.40. The van der Waals surface area contributed by atoms with Crippen LogP contribution in [-0.4, -0.2) is 21.6 Å². The van der Waals surface area contributed by atoms with Crippen LogP contribution in [0, 0.1) is 6.92 Å². The maximum Gasteiger partial charge on any atom is 0.275 e. The second kappa shape index (κ2) is 6.62. The molecule has 0 fully saturated rings. The Morgan fingerprint density at radius 2 is 2.14 bits per heavy atom. The smallest absolute Gasteiger partial charge is 0.275 e.